The van der Waals surface area contributed by atoms with Gasteiger partial charge in [-0.25, -0.2) is 0 Å². The predicted molar refractivity (Wildman–Crippen MR) is 114 cm³/mol. The zero-order valence-electron chi connectivity index (χ0n) is 17.2. The molecule has 142 valence electrons. The highest BCUT2D eigenvalue weighted by molar-refractivity contribution is 5.96. The number of pyridine rings is 1. The lowest BCUT2D eigenvalue weighted by Crippen LogP contribution is -2.35. The van der Waals surface area contributed by atoms with Gasteiger partial charge in [0, 0.05) is 34.8 Å². The van der Waals surface area contributed by atoms with Crippen LogP contribution in [0.1, 0.15) is 52.7 Å². The van der Waals surface area contributed by atoms with Crippen molar-refractivity contribution in [3.63, 3.8) is 0 Å². The minimum absolute atomic E-state index is 0.0121. The number of fused-ring (bicyclic) bond motifs is 1. The monoisotopic (exact) mass is 362 g/mol. The lowest BCUT2D eigenvalue weighted by molar-refractivity contribution is 0.411. The Hall–Kier alpha value is -2.39. The third-order valence-electron chi connectivity index (χ3n) is 4.80. The number of nitrogens with zero attached hydrogens (tertiary/aromatic N) is 1. The summed E-state index contributed by atoms with van der Waals surface area (Å²) in [6, 6.07) is 14.3. The second-order valence-electron chi connectivity index (χ2n) is 9.26. The summed E-state index contributed by atoms with van der Waals surface area (Å²) in [6.45, 7) is 13.6. The molecule has 0 radical (unpaired) electrons. The van der Waals surface area contributed by atoms with Crippen molar-refractivity contribution in [2.75, 3.05) is 0 Å². The zero-order valence-corrected chi connectivity index (χ0v) is 17.2. The number of hydrogen-bond donors (Lipinski definition) is 2. The number of rotatable bonds is 3. The van der Waals surface area contributed by atoms with E-state index >= 15 is 0 Å². The van der Waals surface area contributed by atoms with Crippen molar-refractivity contribution in [2.24, 2.45) is 0 Å². The fourth-order valence-corrected chi connectivity index (χ4v) is 3.16. The molecule has 0 spiro atoms. The molecule has 0 saturated carbocycles. The number of nitrogens with one attached hydrogen (secondary N) is 1. The molecule has 1 heterocycles. The van der Waals surface area contributed by atoms with Crippen molar-refractivity contribution in [1.82, 2.24) is 10.3 Å². The second kappa shape index (κ2) is 6.97. The number of para-hydroxylation sites is 1. The van der Waals surface area contributed by atoms with Gasteiger partial charge in [0.15, 0.2) is 0 Å². The lowest BCUT2D eigenvalue weighted by Gasteiger charge is -2.25. The van der Waals surface area contributed by atoms with E-state index in [2.05, 4.69) is 70.0 Å². The molecule has 3 aromatic rings. The van der Waals surface area contributed by atoms with Crippen LogP contribution in [0.5, 0.6) is 5.75 Å². The summed E-state index contributed by atoms with van der Waals surface area (Å²) >= 11 is 0. The topological polar surface area (TPSA) is 45.2 Å². The predicted octanol–water partition coefficient (Wildman–Crippen LogP) is 5.79. The largest absolute Gasteiger partial charge is 0.507 e. The first kappa shape index (κ1) is 19.4. The maximum atomic E-state index is 11.1. The summed E-state index contributed by atoms with van der Waals surface area (Å²) in [5.74, 6) is 0.344. The molecule has 0 fully saturated rings. The first-order chi connectivity index (χ1) is 12.6. The van der Waals surface area contributed by atoms with Gasteiger partial charge in [0.05, 0.1) is 5.52 Å². The lowest BCUT2D eigenvalue weighted by atomic mass is 9.83. The van der Waals surface area contributed by atoms with Gasteiger partial charge in [-0.15, -0.1) is 0 Å². The zero-order chi connectivity index (χ0) is 19.8. The van der Waals surface area contributed by atoms with Gasteiger partial charge in [-0.3, -0.25) is 4.98 Å². The van der Waals surface area contributed by atoms with Crippen molar-refractivity contribution >= 4 is 10.9 Å². The van der Waals surface area contributed by atoms with Gasteiger partial charge in [-0.1, -0.05) is 45.0 Å². The van der Waals surface area contributed by atoms with Crippen LogP contribution >= 0.6 is 0 Å². The Morgan fingerprint density at radius 2 is 1.63 bits per heavy atom. The molecular formula is C24H30N2O. The van der Waals surface area contributed by atoms with Crippen LogP contribution in [0.15, 0.2) is 48.7 Å². The van der Waals surface area contributed by atoms with Crippen molar-refractivity contribution < 1.29 is 5.11 Å². The van der Waals surface area contributed by atoms with E-state index in [0.29, 0.717) is 12.3 Å². The molecule has 0 aliphatic carbocycles. The summed E-state index contributed by atoms with van der Waals surface area (Å²) in [4.78, 5) is 4.47. The van der Waals surface area contributed by atoms with E-state index in [4.69, 9.17) is 0 Å². The smallest absolute Gasteiger partial charge is 0.127 e. The van der Waals surface area contributed by atoms with Gasteiger partial charge in [0.25, 0.3) is 0 Å². The third kappa shape index (κ3) is 4.30. The molecule has 1 aromatic heterocycles. The van der Waals surface area contributed by atoms with Crippen LogP contribution in [0.25, 0.3) is 22.0 Å². The van der Waals surface area contributed by atoms with E-state index in [1.54, 1.807) is 0 Å². The number of aromatic nitrogens is 1. The molecule has 0 unspecified atom stereocenters. The van der Waals surface area contributed by atoms with E-state index < -0.39 is 0 Å². The molecule has 0 aliphatic heterocycles. The molecule has 3 heteroatoms. The highest BCUT2D eigenvalue weighted by Crippen LogP contribution is 2.39. The van der Waals surface area contributed by atoms with Gasteiger partial charge in [0.2, 0.25) is 0 Å². The Kier molecular flexibility index (Phi) is 5.00. The van der Waals surface area contributed by atoms with E-state index in [9.17, 15) is 5.11 Å². The van der Waals surface area contributed by atoms with E-state index in [1.165, 1.54) is 5.56 Å². The normalized spacial score (nSPS) is 12.5. The minimum atomic E-state index is -0.0201. The van der Waals surface area contributed by atoms with E-state index in [-0.39, 0.29) is 11.0 Å². The Bertz CT molecular complexity index is 957. The number of aromatic hydroxyl groups is 1. The van der Waals surface area contributed by atoms with Gasteiger partial charge >= 0.3 is 0 Å². The molecule has 0 aliphatic rings. The molecule has 3 nitrogen and oxygen atoms in total. The van der Waals surface area contributed by atoms with Crippen molar-refractivity contribution in [1.29, 1.82) is 0 Å². The first-order valence-corrected chi connectivity index (χ1v) is 9.52. The second-order valence-corrected chi connectivity index (χ2v) is 9.26. The summed E-state index contributed by atoms with van der Waals surface area (Å²) in [5, 5.41) is 15.7. The van der Waals surface area contributed by atoms with Gasteiger partial charge < -0.3 is 10.4 Å². The number of phenols is 1. The van der Waals surface area contributed by atoms with Crippen molar-refractivity contribution in [3.8, 4) is 16.9 Å². The highest BCUT2D eigenvalue weighted by atomic mass is 16.3. The number of benzene rings is 2. The molecule has 0 amide bonds. The van der Waals surface area contributed by atoms with Gasteiger partial charge in [-0.05, 0) is 55.5 Å². The minimum Gasteiger partial charge on any atom is -0.507 e. The SMILES string of the molecule is CC(C)(C)NCc1cc(C(C)(C)C)cc(-c2ccnc3ccccc23)c1O. The van der Waals surface area contributed by atoms with Crippen LogP contribution < -0.4 is 5.32 Å². The maximum Gasteiger partial charge on any atom is 0.127 e. The molecule has 0 saturated heterocycles. The summed E-state index contributed by atoms with van der Waals surface area (Å²) in [5.41, 5.74) is 4.92. The molecule has 27 heavy (non-hydrogen) atoms. The Balaban J connectivity index is 2.22. The van der Waals surface area contributed by atoms with Crippen LogP contribution in [0.3, 0.4) is 0 Å². The quantitative estimate of drug-likeness (QED) is 0.619. The Morgan fingerprint density at radius 3 is 2.30 bits per heavy atom. The fourth-order valence-electron chi connectivity index (χ4n) is 3.16. The Labute approximate surface area is 162 Å². The standard InChI is InChI=1S/C24H30N2O/c1-23(2,3)17-13-16(15-26-24(4,5)6)22(27)20(14-17)18-11-12-25-21-10-8-7-9-19(18)21/h7-14,26-27H,15H2,1-6H3. The van der Waals surface area contributed by atoms with Crippen LogP contribution in [0, 0.1) is 0 Å². The van der Waals surface area contributed by atoms with E-state index in [0.717, 1.165) is 27.6 Å². The Morgan fingerprint density at radius 1 is 0.926 bits per heavy atom. The maximum absolute atomic E-state index is 11.1. The van der Waals surface area contributed by atoms with Crippen molar-refractivity contribution in [3.05, 3.63) is 59.8 Å². The average Bonchev–Trinajstić information content (AvgIpc) is 2.59. The molecule has 2 aromatic carbocycles. The van der Waals surface area contributed by atoms with Crippen LogP contribution in [-0.4, -0.2) is 15.6 Å². The van der Waals surface area contributed by atoms with Crippen molar-refractivity contribution in [2.45, 2.75) is 59.0 Å². The summed E-state index contributed by atoms with van der Waals surface area (Å²) in [6.07, 6.45) is 1.81. The molecule has 3 rings (SSSR count). The van der Waals surface area contributed by atoms with Crippen LogP contribution in [0.2, 0.25) is 0 Å². The fraction of sp³-hybridized carbons (Fsp3) is 0.375. The molecule has 2 N–H and O–H groups in total. The van der Waals surface area contributed by atoms with Gasteiger partial charge in [0.1, 0.15) is 5.75 Å². The molecule has 0 atom stereocenters. The number of phenolic OH excluding ortho intramolecular Hbond substituents is 1. The molecular weight excluding hydrogens is 332 g/mol. The van der Waals surface area contributed by atoms with Crippen LogP contribution in [-0.2, 0) is 12.0 Å². The highest BCUT2D eigenvalue weighted by Gasteiger charge is 2.21. The third-order valence-corrected chi connectivity index (χ3v) is 4.80. The summed E-state index contributed by atoms with van der Waals surface area (Å²) < 4.78 is 0. The summed E-state index contributed by atoms with van der Waals surface area (Å²) in [7, 11) is 0. The first-order valence-electron chi connectivity index (χ1n) is 9.52. The molecule has 0 bridgehead atoms. The van der Waals surface area contributed by atoms with Crippen LogP contribution in [0.4, 0.5) is 0 Å². The van der Waals surface area contributed by atoms with Gasteiger partial charge in [-0.2, -0.15) is 0 Å². The van der Waals surface area contributed by atoms with E-state index in [1.807, 2.05) is 30.5 Å². The average molecular weight is 363 g/mol. The number of hydrogen-bond acceptors (Lipinski definition) is 3.